The van der Waals surface area contributed by atoms with Crippen molar-refractivity contribution in [2.75, 3.05) is 18.4 Å². The first kappa shape index (κ1) is 20.1. The van der Waals surface area contributed by atoms with E-state index in [4.69, 9.17) is 0 Å². The molecule has 1 aromatic carbocycles. The lowest BCUT2D eigenvalue weighted by Gasteiger charge is -2.32. The van der Waals surface area contributed by atoms with Crippen LogP contribution < -0.4 is 5.32 Å². The number of nitrogens with zero attached hydrogens (tertiary/aromatic N) is 2. The molecule has 30 heavy (non-hydrogen) atoms. The Balaban J connectivity index is 1.29. The Hall–Kier alpha value is -3.15. The lowest BCUT2D eigenvalue weighted by Crippen LogP contribution is -2.43. The molecule has 0 bridgehead atoms. The van der Waals surface area contributed by atoms with Crippen LogP contribution in [0.5, 0.6) is 0 Å². The third-order valence-corrected chi connectivity index (χ3v) is 5.91. The number of anilines is 1. The first-order chi connectivity index (χ1) is 14.6. The SMILES string of the molecule is Cc1cccnc1NC(=O)C1CCCN(C(=O)CCCc2c[nH]c3ccccc23)C1. The number of para-hydroxylation sites is 1. The number of fused-ring (bicyclic) bond motifs is 1. The van der Waals surface area contributed by atoms with E-state index >= 15 is 0 Å². The molecular weight excluding hydrogens is 376 g/mol. The number of aromatic nitrogens is 2. The highest BCUT2D eigenvalue weighted by Gasteiger charge is 2.28. The van der Waals surface area contributed by atoms with Crippen LogP contribution in [0.2, 0.25) is 0 Å². The van der Waals surface area contributed by atoms with Gasteiger partial charge in [-0.1, -0.05) is 24.3 Å². The van der Waals surface area contributed by atoms with E-state index in [1.807, 2.05) is 42.3 Å². The van der Waals surface area contributed by atoms with Crippen molar-refractivity contribution in [3.8, 4) is 0 Å². The second-order valence-electron chi connectivity index (χ2n) is 8.05. The number of benzene rings is 1. The van der Waals surface area contributed by atoms with Crippen molar-refractivity contribution in [2.24, 2.45) is 5.92 Å². The molecule has 1 aliphatic heterocycles. The number of likely N-dealkylation sites (tertiary alicyclic amines) is 1. The average molecular weight is 405 g/mol. The molecule has 4 rings (SSSR count). The van der Waals surface area contributed by atoms with Crippen molar-refractivity contribution < 1.29 is 9.59 Å². The molecule has 0 aliphatic carbocycles. The Morgan fingerprint density at radius 3 is 2.97 bits per heavy atom. The van der Waals surface area contributed by atoms with Gasteiger partial charge in [-0.2, -0.15) is 0 Å². The Morgan fingerprint density at radius 1 is 1.23 bits per heavy atom. The molecule has 0 spiro atoms. The van der Waals surface area contributed by atoms with E-state index in [1.165, 1.54) is 10.9 Å². The molecule has 2 N–H and O–H groups in total. The standard InChI is InChI=1S/C24H28N4O2/c1-17-7-5-13-25-23(17)27-24(30)19-9-6-14-28(16-19)22(29)12-4-8-18-15-26-21-11-3-2-10-20(18)21/h2-3,5,7,10-11,13,15,19,26H,4,6,8-9,12,14,16H2,1H3,(H,25,27,30). The summed E-state index contributed by atoms with van der Waals surface area (Å²) in [6.45, 7) is 3.15. The van der Waals surface area contributed by atoms with E-state index in [0.717, 1.165) is 43.3 Å². The quantitative estimate of drug-likeness (QED) is 0.650. The molecule has 3 heterocycles. The highest BCUT2D eigenvalue weighted by Crippen LogP contribution is 2.22. The van der Waals surface area contributed by atoms with Gasteiger partial charge in [0.15, 0.2) is 0 Å². The van der Waals surface area contributed by atoms with Crippen LogP contribution in [-0.4, -0.2) is 39.8 Å². The molecule has 1 fully saturated rings. The minimum atomic E-state index is -0.183. The maximum atomic E-state index is 12.7. The third-order valence-electron chi connectivity index (χ3n) is 5.91. The predicted molar refractivity (Wildman–Crippen MR) is 118 cm³/mol. The van der Waals surface area contributed by atoms with E-state index < -0.39 is 0 Å². The molecule has 2 aromatic heterocycles. The summed E-state index contributed by atoms with van der Waals surface area (Å²) in [5.41, 5.74) is 3.32. The highest BCUT2D eigenvalue weighted by atomic mass is 16.2. The van der Waals surface area contributed by atoms with E-state index in [9.17, 15) is 9.59 Å². The zero-order chi connectivity index (χ0) is 20.9. The summed E-state index contributed by atoms with van der Waals surface area (Å²) in [5.74, 6) is 0.511. The van der Waals surface area contributed by atoms with Gasteiger partial charge in [0.05, 0.1) is 5.92 Å². The average Bonchev–Trinajstić information content (AvgIpc) is 3.18. The Labute approximate surface area is 176 Å². The van der Waals surface area contributed by atoms with E-state index in [-0.39, 0.29) is 17.7 Å². The van der Waals surface area contributed by atoms with Gasteiger partial charge in [-0.25, -0.2) is 4.98 Å². The zero-order valence-electron chi connectivity index (χ0n) is 17.4. The monoisotopic (exact) mass is 404 g/mol. The molecule has 1 unspecified atom stereocenters. The number of rotatable bonds is 6. The van der Waals surface area contributed by atoms with Crippen LogP contribution in [0.1, 0.15) is 36.8 Å². The lowest BCUT2D eigenvalue weighted by molar-refractivity contribution is -0.134. The number of H-pyrrole nitrogens is 1. The van der Waals surface area contributed by atoms with Gasteiger partial charge < -0.3 is 15.2 Å². The van der Waals surface area contributed by atoms with Crippen molar-refractivity contribution in [3.63, 3.8) is 0 Å². The second-order valence-corrected chi connectivity index (χ2v) is 8.05. The molecule has 3 aromatic rings. The summed E-state index contributed by atoms with van der Waals surface area (Å²) in [7, 11) is 0. The van der Waals surface area contributed by atoms with Crippen LogP contribution in [0.15, 0.2) is 48.8 Å². The number of amides is 2. The van der Waals surface area contributed by atoms with Crippen LogP contribution in [0.4, 0.5) is 5.82 Å². The van der Waals surface area contributed by atoms with Gasteiger partial charge in [-0.15, -0.1) is 0 Å². The molecule has 1 saturated heterocycles. The number of aryl methyl sites for hydroxylation is 2. The first-order valence-electron chi connectivity index (χ1n) is 10.7. The number of piperidine rings is 1. The summed E-state index contributed by atoms with van der Waals surface area (Å²) in [6, 6.07) is 12.0. The number of pyridine rings is 1. The fourth-order valence-corrected chi connectivity index (χ4v) is 4.18. The fraction of sp³-hybridized carbons (Fsp3) is 0.375. The summed E-state index contributed by atoms with van der Waals surface area (Å²) in [6.07, 6.45) is 7.55. The van der Waals surface area contributed by atoms with Gasteiger partial charge >= 0.3 is 0 Å². The van der Waals surface area contributed by atoms with E-state index in [1.54, 1.807) is 6.20 Å². The van der Waals surface area contributed by atoms with E-state index in [0.29, 0.717) is 18.8 Å². The maximum Gasteiger partial charge on any atom is 0.230 e. The summed E-state index contributed by atoms with van der Waals surface area (Å²) < 4.78 is 0. The van der Waals surface area contributed by atoms with Gasteiger partial charge in [-0.05, 0) is 55.9 Å². The van der Waals surface area contributed by atoms with Crippen molar-refractivity contribution in [2.45, 2.75) is 39.0 Å². The molecule has 156 valence electrons. The number of nitrogens with one attached hydrogen (secondary N) is 2. The predicted octanol–water partition coefficient (Wildman–Crippen LogP) is 4.07. The second kappa shape index (κ2) is 9.11. The molecule has 0 saturated carbocycles. The molecule has 6 heteroatoms. The van der Waals surface area contributed by atoms with Crippen LogP contribution >= 0.6 is 0 Å². The van der Waals surface area contributed by atoms with Gasteiger partial charge in [-0.3, -0.25) is 9.59 Å². The third kappa shape index (κ3) is 4.53. The Kier molecular flexibility index (Phi) is 6.12. The van der Waals surface area contributed by atoms with Crippen LogP contribution in [0.25, 0.3) is 10.9 Å². The number of carbonyl (C=O) groups excluding carboxylic acids is 2. The number of hydrogen-bond acceptors (Lipinski definition) is 3. The van der Waals surface area contributed by atoms with Gasteiger partial charge in [0.25, 0.3) is 0 Å². The number of carbonyl (C=O) groups is 2. The summed E-state index contributed by atoms with van der Waals surface area (Å²) in [5, 5.41) is 4.15. The first-order valence-corrected chi connectivity index (χ1v) is 10.7. The maximum absolute atomic E-state index is 12.7. The van der Waals surface area contributed by atoms with Crippen molar-refractivity contribution in [3.05, 3.63) is 59.9 Å². The molecule has 1 atom stereocenters. The Bertz CT molecular complexity index is 1040. The fourth-order valence-electron chi connectivity index (χ4n) is 4.18. The molecule has 1 aliphatic rings. The smallest absolute Gasteiger partial charge is 0.230 e. The topological polar surface area (TPSA) is 78.1 Å². The number of hydrogen-bond donors (Lipinski definition) is 2. The highest BCUT2D eigenvalue weighted by molar-refractivity contribution is 5.93. The van der Waals surface area contributed by atoms with Gasteiger partial charge in [0.2, 0.25) is 11.8 Å². The van der Waals surface area contributed by atoms with Gasteiger partial charge in [0.1, 0.15) is 5.82 Å². The molecular formula is C24H28N4O2. The summed E-state index contributed by atoms with van der Waals surface area (Å²) in [4.78, 5) is 34.8. The molecule has 6 nitrogen and oxygen atoms in total. The van der Waals surface area contributed by atoms with Crippen LogP contribution in [0, 0.1) is 12.8 Å². The largest absolute Gasteiger partial charge is 0.361 e. The number of aromatic amines is 1. The Morgan fingerprint density at radius 2 is 2.10 bits per heavy atom. The summed E-state index contributed by atoms with van der Waals surface area (Å²) >= 11 is 0. The van der Waals surface area contributed by atoms with E-state index in [2.05, 4.69) is 27.4 Å². The minimum Gasteiger partial charge on any atom is -0.361 e. The molecule has 0 radical (unpaired) electrons. The zero-order valence-corrected chi connectivity index (χ0v) is 17.4. The van der Waals surface area contributed by atoms with Crippen molar-refractivity contribution in [1.29, 1.82) is 0 Å². The lowest BCUT2D eigenvalue weighted by atomic mass is 9.96. The van der Waals surface area contributed by atoms with Crippen LogP contribution in [-0.2, 0) is 16.0 Å². The van der Waals surface area contributed by atoms with Crippen LogP contribution in [0.3, 0.4) is 0 Å². The normalized spacial score (nSPS) is 16.6. The van der Waals surface area contributed by atoms with Crippen molar-refractivity contribution in [1.82, 2.24) is 14.9 Å². The van der Waals surface area contributed by atoms with Gasteiger partial charge in [0, 0.05) is 42.8 Å². The van der Waals surface area contributed by atoms with Crippen molar-refractivity contribution >= 4 is 28.5 Å². The minimum absolute atomic E-state index is 0.0481. The molecule has 2 amide bonds.